The van der Waals surface area contributed by atoms with Crippen LogP contribution in [0.2, 0.25) is 0 Å². The molecule has 0 unspecified atom stereocenters. The van der Waals surface area contributed by atoms with Crippen LogP contribution in [-0.2, 0) is 0 Å². The van der Waals surface area contributed by atoms with Gasteiger partial charge in [-0.25, -0.2) is 0 Å². The smallest absolute Gasteiger partial charge is 0.157 e. The fourth-order valence-corrected chi connectivity index (χ4v) is 2.09. The molecule has 0 aliphatic heterocycles. The van der Waals surface area contributed by atoms with Crippen LogP contribution >= 0.6 is 0 Å². The number of allylic oxidation sites excluding steroid dienone is 6. The first kappa shape index (κ1) is 10.8. The van der Waals surface area contributed by atoms with E-state index in [1.807, 2.05) is 19.3 Å². The molecule has 0 saturated carbocycles. The fourth-order valence-electron chi connectivity index (χ4n) is 2.09. The topological polar surface area (TPSA) is 53.6 Å². The van der Waals surface area contributed by atoms with Crippen molar-refractivity contribution in [1.82, 2.24) is 15.2 Å². The van der Waals surface area contributed by atoms with E-state index in [9.17, 15) is 0 Å². The van der Waals surface area contributed by atoms with E-state index in [2.05, 4.69) is 50.9 Å². The molecule has 90 valence electrons. The van der Waals surface area contributed by atoms with E-state index in [4.69, 9.17) is 0 Å². The van der Waals surface area contributed by atoms with Crippen molar-refractivity contribution in [3.8, 4) is 0 Å². The molecule has 4 nitrogen and oxygen atoms in total. The van der Waals surface area contributed by atoms with E-state index in [1.54, 1.807) is 0 Å². The normalized spacial score (nSPS) is 14.6. The fraction of sp³-hybridized carbons (Fsp3) is 0.143. The maximum absolute atomic E-state index is 4.32. The Bertz CT molecular complexity index is 661. The highest BCUT2D eigenvalue weighted by atomic mass is 15.2. The minimum atomic E-state index is 0.795. The third-order valence-corrected chi connectivity index (χ3v) is 2.98. The van der Waals surface area contributed by atoms with Gasteiger partial charge in [0.25, 0.3) is 0 Å². The van der Waals surface area contributed by atoms with E-state index in [1.165, 1.54) is 0 Å². The molecule has 0 aromatic carbocycles. The first-order valence-corrected chi connectivity index (χ1v) is 5.95. The number of nitrogens with one attached hydrogen (secondary N) is 2. The summed E-state index contributed by atoms with van der Waals surface area (Å²) in [5.74, 6) is 0.795. The third kappa shape index (κ3) is 1.72. The summed E-state index contributed by atoms with van der Waals surface area (Å²) in [6.45, 7) is 0. The minimum absolute atomic E-state index is 0.795. The van der Waals surface area contributed by atoms with Crippen LogP contribution in [0.15, 0.2) is 42.6 Å². The van der Waals surface area contributed by atoms with Gasteiger partial charge in [-0.15, -0.1) is 10.2 Å². The number of aromatic nitrogens is 3. The Kier molecular flexibility index (Phi) is 2.68. The van der Waals surface area contributed by atoms with E-state index >= 15 is 0 Å². The van der Waals surface area contributed by atoms with Gasteiger partial charge in [0.2, 0.25) is 0 Å². The quantitative estimate of drug-likeness (QED) is 0.845. The molecule has 2 N–H and O–H groups in total. The van der Waals surface area contributed by atoms with Crippen molar-refractivity contribution in [3.63, 3.8) is 0 Å². The first-order valence-electron chi connectivity index (χ1n) is 5.95. The van der Waals surface area contributed by atoms with Crippen molar-refractivity contribution in [3.05, 3.63) is 48.3 Å². The molecule has 18 heavy (non-hydrogen) atoms. The molecule has 0 atom stereocenters. The Morgan fingerprint density at radius 2 is 2.22 bits per heavy atom. The van der Waals surface area contributed by atoms with Crippen LogP contribution < -0.4 is 5.32 Å². The van der Waals surface area contributed by atoms with Gasteiger partial charge in [-0.1, -0.05) is 30.4 Å². The molecule has 0 radical (unpaired) electrons. The largest absolute Gasteiger partial charge is 0.371 e. The van der Waals surface area contributed by atoms with E-state index in [0.717, 1.165) is 34.4 Å². The second-order valence-electron chi connectivity index (χ2n) is 4.10. The van der Waals surface area contributed by atoms with Gasteiger partial charge in [0.1, 0.15) is 5.69 Å². The summed E-state index contributed by atoms with van der Waals surface area (Å²) < 4.78 is 0. The summed E-state index contributed by atoms with van der Waals surface area (Å²) in [4.78, 5) is 3.24. The summed E-state index contributed by atoms with van der Waals surface area (Å²) in [6, 6.07) is 2.01. The Labute approximate surface area is 105 Å². The molecule has 0 fully saturated rings. The molecule has 2 aromatic heterocycles. The summed E-state index contributed by atoms with van der Waals surface area (Å²) in [7, 11) is 1.85. The van der Waals surface area contributed by atoms with Crippen LogP contribution in [0.25, 0.3) is 16.5 Å². The van der Waals surface area contributed by atoms with Crippen LogP contribution in [0.1, 0.15) is 12.1 Å². The number of rotatable bonds is 2. The van der Waals surface area contributed by atoms with Gasteiger partial charge in [-0.05, 0) is 12.5 Å². The lowest BCUT2D eigenvalue weighted by Crippen LogP contribution is -1.99. The lowest BCUT2D eigenvalue weighted by molar-refractivity contribution is 1.03. The van der Waals surface area contributed by atoms with Crippen LogP contribution in [-0.4, -0.2) is 22.2 Å². The number of hydrogen-bond donors (Lipinski definition) is 2. The number of hydrogen-bond acceptors (Lipinski definition) is 3. The Balaban J connectivity index is 2.21. The van der Waals surface area contributed by atoms with Gasteiger partial charge in [0.15, 0.2) is 5.82 Å². The Morgan fingerprint density at radius 1 is 1.28 bits per heavy atom. The van der Waals surface area contributed by atoms with Gasteiger partial charge in [0.05, 0.1) is 5.52 Å². The monoisotopic (exact) mass is 238 g/mol. The van der Waals surface area contributed by atoms with Gasteiger partial charge >= 0.3 is 0 Å². The number of aromatic amines is 1. The zero-order valence-electron chi connectivity index (χ0n) is 10.1. The van der Waals surface area contributed by atoms with Gasteiger partial charge < -0.3 is 10.3 Å². The Hall–Kier alpha value is -2.36. The predicted molar refractivity (Wildman–Crippen MR) is 74.3 cm³/mol. The molecule has 0 spiro atoms. The standard InChI is InChI=1S/C14H14N4/c1-15-14-11-8-9-16-13(11)12(17-18-14)10-6-4-2-3-5-7-10/h2,4-9,16H,3H2,1H3,(H,15,18). The highest BCUT2D eigenvalue weighted by Gasteiger charge is 2.11. The van der Waals surface area contributed by atoms with Crippen LogP contribution in [0, 0.1) is 0 Å². The minimum Gasteiger partial charge on any atom is -0.371 e. The van der Waals surface area contributed by atoms with Crippen molar-refractivity contribution < 1.29 is 0 Å². The average Bonchev–Trinajstić information content (AvgIpc) is 2.73. The number of anilines is 1. The maximum atomic E-state index is 4.32. The Morgan fingerprint density at radius 3 is 3.11 bits per heavy atom. The van der Waals surface area contributed by atoms with Gasteiger partial charge in [0, 0.05) is 24.2 Å². The summed E-state index contributed by atoms with van der Waals surface area (Å²) in [6.07, 6.45) is 13.3. The van der Waals surface area contributed by atoms with Crippen LogP contribution in [0.3, 0.4) is 0 Å². The third-order valence-electron chi connectivity index (χ3n) is 2.98. The number of fused-ring (bicyclic) bond motifs is 1. The van der Waals surface area contributed by atoms with E-state index in [0.29, 0.717) is 0 Å². The zero-order chi connectivity index (χ0) is 12.4. The molecule has 4 heteroatoms. The molecule has 1 aliphatic carbocycles. The lowest BCUT2D eigenvalue weighted by Gasteiger charge is -2.05. The SMILES string of the molecule is CNc1nnc(C2=CC=CCC=C2)c2[nH]ccc12. The summed E-state index contributed by atoms with van der Waals surface area (Å²) in [5, 5.41) is 12.7. The predicted octanol–water partition coefficient (Wildman–Crippen LogP) is 2.90. The molecule has 2 aromatic rings. The first-order chi connectivity index (χ1) is 8.90. The summed E-state index contributed by atoms with van der Waals surface area (Å²) in [5.41, 5.74) is 2.98. The number of H-pyrrole nitrogens is 1. The van der Waals surface area contributed by atoms with Crippen molar-refractivity contribution >= 4 is 22.3 Å². The van der Waals surface area contributed by atoms with Crippen molar-refractivity contribution in [2.24, 2.45) is 0 Å². The number of nitrogens with zero attached hydrogens (tertiary/aromatic N) is 2. The summed E-state index contributed by atoms with van der Waals surface area (Å²) >= 11 is 0. The maximum Gasteiger partial charge on any atom is 0.157 e. The van der Waals surface area contributed by atoms with E-state index in [-0.39, 0.29) is 0 Å². The lowest BCUT2D eigenvalue weighted by atomic mass is 10.1. The second-order valence-corrected chi connectivity index (χ2v) is 4.10. The molecular formula is C14H14N4. The van der Waals surface area contributed by atoms with Crippen molar-refractivity contribution in [2.45, 2.75) is 6.42 Å². The molecule has 1 aliphatic rings. The van der Waals surface area contributed by atoms with E-state index < -0.39 is 0 Å². The average molecular weight is 238 g/mol. The molecule has 0 saturated heterocycles. The van der Waals surface area contributed by atoms with Gasteiger partial charge in [-0.3, -0.25) is 0 Å². The van der Waals surface area contributed by atoms with Crippen molar-refractivity contribution in [2.75, 3.05) is 12.4 Å². The van der Waals surface area contributed by atoms with Crippen LogP contribution in [0.5, 0.6) is 0 Å². The highest BCUT2D eigenvalue weighted by Crippen LogP contribution is 2.27. The molecule has 3 rings (SSSR count). The highest BCUT2D eigenvalue weighted by molar-refractivity contribution is 5.97. The molecule has 0 bridgehead atoms. The molecule has 0 amide bonds. The van der Waals surface area contributed by atoms with Crippen molar-refractivity contribution in [1.29, 1.82) is 0 Å². The molecule has 2 heterocycles. The molecular weight excluding hydrogens is 224 g/mol. The second kappa shape index (κ2) is 4.49. The zero-order valence-corrected chi connectivity index (χ0v) is 10.1. The van der Waals surface area contributed by atoms with Gasteiger partial charge in [-0.2, -0.15) is 0 Å². The van der Waals surface area contributed by atoms with Crippen LogP contribution in [0.4, 0.5) is 5.82 Å².